The molecule has 0 fully saturated rings. The maximum absolute atomic E-state index is 9.25. The van der Waals surface area contributed by atoms with Crippen molar-refractivity contribution in [3.05, 3.63) is 42.2 Å². The summed E-state index contributed by atoms with van der Waals surface area (Å²) in [4.78, 5) is 3.97. The number of aromatic nitrogens is 1. The number of aliphatic hydroxyl groups excluding tert-OH is 1. The highest BCUT2D eigenvalue weighted by molar-refractivity contribution is 5.69. The number of aliphatic hydroxyl groups is 1. The molecule has 1 aromatic rings. The van der Waals surface area contributed by atoms with Crippen molar-refractivity contribution in [2.45, 2.75) is 20.8 Å². The summed E-state index contributed by atoms with van der Waals surface area (Å²) in [7, 11) is 0. The van der Waals surface area contributed by atoms with Crippen molar-refractivity contribution in [2.75, 3.05) is 0 Å². The molecule has 0 aliphatic carbocycles. The number of hydrogen-bond acceptors (Lipinski definition) is 2. The van der Waals surface area contributed by atoms with Gasteiger partial charge in [0.2, 0.25) is 0 Å². The fourth-order valence-corrected chi connectivity index (χ4v) is 1.14. The van der Waals surface area contributed by atoms with Crippen LogP contribution in [-0.2, 0) is 0 Å². The predicted octanol–water partition coefficient (Wildman–Crippen LogP) is 3.59. The molecule has 0 aromatic carbocycles. The number of rotatable bonds is 2. The summed E-state index contributed by atoms with van der Waals surface area (Å²) >= 11 is 0. The lowest BCUT2D eigenvalue weighted by molar-refractivity contribution is 0.513. The molecule has 0 aliphatic rings. The van der Waals surface area contributed by atoms with Crippen molar-refractivity contribution in [1.29, 1.82) is 0 Å². The lowest BCUT2D eigenvalue weighted by Gasteiger charge is -2.06. The molecule has 0 saturated carbocycles. The molecule has 1 N–H and O–H groups in total. The molecule has 0 bridgehead atoms. The fraction of sp³-hybridized carbons (Fsp3) is 0.250. The second kappa shape index (κ2) is 5.97. The van der Waals surface area contributed by atoms with Gasteiger partial charge in [-0.05, 0) is 12.5 Å². The molecule has 1 aromatic heterocycles. The molecule has 0 amide bonds. The van der Waals surface area contributed by atoms with Crippen LogP contribution < -0.4 is 0 Å². The summed E-state index contributed by atoms with van der Waals surface area (Å²) in [6.45, 7) is 13.0. The van der Waals surface area contributed by atoms with Crippen LogP contribution in [0.25, 0.3) is 11.8 Å². The monoisotopic (exact) mass is 191 g/mol. The largest absolute Gasteiger partial charge is 0.508 e. The van der Waals surface area contributed by atoms with Crippen LogP contribution in [-0.4, -0.2) is 10.1 Å². The normalized spacial score (nSPS) is 8.50. The third-order valence-electron chi connectivity index (χ3n) is 1.67. The van der Waals surface area contributed by atoms with E-state index in [4.69, 9.17) is 0 Å². The maximum Gasteiger partial charge on any atom is 0.116 e. The van der Waals surface area contributed by atoms with Crippen LogP contribution in [0.5, 0.6) is 0 Å². The van der Waals surface area contributed by atoms with Crippen molar-refractivity contribution in [3.8, 4) is 0 Å². The Labute approximate surface area is 85.6 Å². The molecule has 14 heavy (non-hydrogen) atoms. The highest BCUT2D eigenvalue weighted by Gasteiger charge is 2.05. The first-order valence-electron chi connectivity index (χ1n) is 4.62. The van der Waals surface area contributed by atoms with Gasteiger partial charge in [-0.3, -0.25) is 4.98 Å². The smallest absolute Gasteiger partial charge is 0.116 e. The van der Waals surface area contributed by atoms with Gasteiger partial charge in [0.1, 0.15) is 5.76 Å². The minimum atomic E-state index is 0.0600. The van der Waals surface area contributed by atoms with E-state index < -0.39 is 0 Å². The lowest BCUT2D eigenvalue weighted by atomic mass is 10.0. The molecule has 0 saturated heterocycles. The van der Waals surface area contributed by atoms with Crippen LogP contribution in [0.4, 0.5) is 0 Å². The van der Waals surface area contributed by atoms with Gasteiger partial charge in [0.25, 0.3) is 0 Å². The van der Waals surface area contributed by atoms with Gasteiger partial charge >= 0.3 is 0 Å². The van der Waals surface area contributed by atoms with E-state index >= 15 is 0 Å². The van der Waals surface area contributed by atoms with Gasteiger partial charge in [-0.25, -0.2) is 0 Å². The molecule has 0 radical (unpaired) electrons. The Kier molecular flexibility index (Phi) is 5.30. The number of pyridine rings is 1. The molecule has 1 rings (SSSR count). The SMILES string of the molecule is C=Cc1cncc(C)c1C(=C)O.CC. The summed E-state index contributed by atoms with van der Waals surface area (Å²) in [5.74, 6) is 0.0600. The number of nitrogens with zero attached hydrogens (tertiary/aromatic N) is 1. The molecule has 1 heterocycles. The van der Waals surface area contributed by atoms with E-state index in [-0.39, 0.29) is 5.76 Å². The molecule has 0 spiro atoms. The Bertz CT molecular complexity index is 329. The second-order valence-electron chi connectivity index (χ2n) is 2.57. The number of hydrogen-bond donors (Lipinski definition) is 1. The van der Waals surface area contributed by atoms with Crippen molar-refractivity contribution < 1.29 is 5.11 Å². The minimum Gasteiger partial charge on any atom is -0.508 e. The van der Waals surface area contributed by atoms with Gasteiger partial charge in [-0.2, -0.15) is 0 Å². The molecule has 0 atom stereocenters. The maximum atomic E-state index is 9.25. The third-order valence-corrected chi connectivity index (χ3v) is 1.67. The standard InChI is InChI=1S/C10H11NO.C2H6/c1-4-9-6-11-5-7(2)10(9)8(3)12;1-2/h4-6,12H,1,3H2,2H3;1-2H3. The average molecular weight is 191 g/mol. The fourth-order valence-electron chi connectivity index (χ4n) is 1.14. The average Bonchev–Trinajstić information content (AvgIpc) is 2.19. The van der Waals surface area contributed by atoms with Crippen molar-refractivity contribution in [2.24, 2.45) is 0 Å². The highest BCUT2D eigenvalue weighted by Crippen LogP contribution is 2.19. The van der Waals surface area contributed by atoms with Crippen molar-refractivity contribution in [3.63, 3.8) is 0 Å². The zero-order chi connectivity index (χ0) is 11.1. The van der Waals surface area contributed by atoms with E-state index in [2.05, 4.69) is 18.1 Å². The van der Waals surface area contributed by atoms with E-state index in [0.717, 1.165) is 16.7 Å². The van der Waals surface area contributed by atoms with Crippen LogP contribution in [0.3, 0.4) is 0 Å². The van der Waals surface area contributed by atoms with Gasteiger partial charge in [0.05, 0.1) is 0 Å². The lowest BCUT2D eigenvalue weighted by Crippen LogP contribution is -1.92. The summed E-state index contributed by atoms with van der Waals surface area (Å²) in [5.41, 5.74) is 2.43. The minimum absolute atomic E-state index is 0.0600. The second-order valence-corrected chi connectivity index (χ2v) is 2.57. The van der Waals surface area contributed by atoms with Crippen LogP contribution in [0, 0.1) is 6.92 Å². The van der Waals surface area contributed by atoms with Gasteiger partial charge in [0, 0.05) is 23.5 Å². The number of aryl methyl sites for hydroxylation is 1. The molecule has 76 valence electrons. The van der Waals surface area contributed by atoms with Crippen LogP contribution in [0.2, 0.25) is 0 Å². The Morgan fingerprint density at radius 3 is 2.36 bits per heavy atom. The quantitative estimate of drug-likeness (QED) is 0.725. The molecular formula is C12H17NO. The Morgan fingerprint density at radius 1 is 1.43 bits per heavy atom. The molecule has 0 unspecified atom stereocenters. The summed E-state index contributed by atoms with van der Waals surface area (Å²) in [5, 5.41) is 9.25. The predicted molar refractivity (Wildman–Crippen MR) is 62.1 cm³/mol. The van der Waals surface area contributed by atoms with Crippen LogP contribution in [0.1, 0.15) is 30.5 Å². The Balaban J connectivity index is 0.000000791. The molecular weight excluding hydrogens is 174 g/mol. The summed E-state index contributed by atoms with van der Waals surface area (Å²) in [6.07, 6.45) is 4.98. The van der Waals surface area contributed by atoms with Gasteiger partial charge < -0.3 is 5.11 Å². The van der Waals surface area contributed by atoms with E-state index in [1.54, 1.807) is 18.5 Å². The first-order chi connectivity index (χ1) is 6.66. The van der Waals surface area contributed by atoms with E-state index in [9.17, 15) is 5.11 Å². The van der Waals surface area contributed by atoms with E-state index in [1.165, 1.54) is 0 Å². The van der Waals surface area contributed by atoms with E-state index in [1.807, 2.05) is 20.8 Å². The first-order valence-corrected chi connectivity index (χ1v) is 4.62. The Morgan fingerprint density at radius 2 is 2.00 bits per heavy atom. The zero-order valence-corrected chi connectivity index (χ0v) is 9.04. The molecule has 2 heteroatoms. The zero-order valence-electron chi connectivity index (χ0n) is 9.04. The van der Waals surface area contributed by atoms with Crippen molar-refractivity contribution >= 4 is 11.8 Å². The summed E-state index contributed by atoms with van der Waals surface area (Å²) < 4.78 is 0. The van der Waals surface area contributed by atoms with Gasteiger partial charge in [-0.15, -0.1) is 0 Å². The van der Waals surface area contributed by atoms with Gasteiger partial charge in [0.15, 0.2) is 0 Å². The molecule has 2 nitrogen and oxygen atoms in total. The topological polar surface area (TPSA) is 33.1 Å². The Hall–Kier alpha value is -1.57. The van der Waals surface area contributed by atoms with Crippen LogP contribution >= 0.6 is 0 Å². The van der Waals surface area contributed by atoms with Gasteiger partial charge in [-0.1, -0.05) is 33.1 Å². The van der Waals surface area contributed by atoms with Crippen LogP contribution in [0.15, 0.2) is 25.6 Å². The first kappa shape index (κ1) is 12.4. The summed E-state index contributed by atoms with van der Waals surface area (Å²) in [6, 6.07) is 0. The third kappa shape index (κ3) is 2.73. The molecule has 0 aliphatic heterocycles. The van der Waals surface area contributed by atoms with E-state index in [0.29, 0.717) is 0 Å². The van der Waals surface area contributed by atoms with Crippen molar-refractivity contribution in [1.82, 2.24) is 4.98 Å². The highest BCUT2D eigenvalue weighted by atomic mass is 16.3.